The third kappa shape index (κ3) is 2.87. The summed E-state index contributed by atoms with van der Waals surface area (Å²) >= 11 is 1.63. The molecule has 0 radical (unpaired) electrons. The molecular weight excluding hydrogens is 223 g/mol. The smallest absolute Gasteiger partial charge is 0.123 e. The van der Waals surface area contributed by atoms with E-state index in [1.165, 1.54) is 12.1 Å². The third-order valence-corrected chi connectivity index (χ3v) is 3.17. The lowest BCUT2D eigenvalue weighted by Crippen LogP contribution is -2.02. The SMILES string of the molecule is NCCc1csc(Cc2ccc(F)cc2)n1. The summed E-state index contributed by atoms with van der Waals surface area (Å²) in [6, 6.07) is 6.53. The summed E-state index contributed by atoms with van der Waals surface area (Å²) in [5.41, 5.74) is 7.59. The van der Waals surface area contributed by atoms with Crippen molar-refractivity contribution in [3.05, 3.63) is 51.7 Å². The van der Waals surface area contributed by atoms with Gasteiger partial charge in [-0.15, -0.1) is 11.3 Å². The van der Waals surface area contributed by atoms with E-state index in [0.717, 1.165) is 29.1 Å². The summed E-state index contributed by atoms with van der Waals surface area (Å²) in [6.07, 6.45) is 1.58. The lowest BCUT2D eigenvalue weighted by atomic mass is 10.1. The van der Waals surface area contributed by atoms with Crippen LogP contribution in [0.15, 0.2) is 29.6 Å². The van der Waals surface area contributed by atoms with Crippen molar-refractivity contribution >= 4 is 11.3 Å². The highest BCUT2D eigenvalue weighted by molar-refractivity contribution is 7.09. The topological polar surface area (TPSA) is 38.9 Å². The fourth-order valence-electron chi connectivity index (χ4n) is 1.47. The maximum absolute atomic E-state index is 12.7. The molecule has 0 aliphatic carbocycles. The second kappa shape index (κ2) is 5.18. The minimum Gasteiger partial charge on any atom is -0.330 e. The summed E-state index contributed by atoms with van der Waals surface area (Å²) in [6.45, 7) is 0.625. The monoisotopic (exact) mass is 236 g/mol. The first-order valence-electron chi connectivity index (χ1n) is 5.15. The number of benzene rings is 1. The molecule has 4 heteroatoms. The van der Waals surface area contributed by atoms with Gasteiger partial charge in [-0.25, -0.2) is 9.37 Å². The summed E-state index contributed by atoms with van der Waals surface area (Å²) in [4.78, 5) is 4.46. The molecule has 0 fully saturated rings. The van der Waals surface area contributed by atoms with Gasteiger partial charge in [0.1, 0.15) is 5.82 Å². The number of aromatic nitrogens is 1. The predicted molar refractivity (Wildman–Crippen MR) is 64.1 cm³/mol. The van der Waals surface area contributed by atoms with E-state index in [-0.39, 0.29) is 5.82 Å². The van der Waals surface area contributed by atoms with E-state index < -0.39 is 0 Å². The van der Waals surface area contributed by atoms with Crippen LogP contribution in [0, 0.1) is 5.82 Å². The van der Waals surface area contributed by atoms with Crippen LogP contribution in [-0.2, 0) is 12.8 Å². The highest BCUT2D eigenvalue weighted by atomic mass is 32.1. The van der Waals surface area contributed by atoms with Gasteiger partial charge < -0.3 is 5.73 Å². The number of hydrogen-bond donors (Lipinski definition) is 1. The van der Waals surface area contributed by atoms with Gasteiger partial charge in [0, 0.05) is 18.2 Å². The van der Waals surface area contributed by atoms with Crippen molar-refractivity contribution in [2.24, 2.45) is 5.73 Å². The molecule has 2 aromatic rings. The molecule has 1 heterocycles. The first kappa shape index (κ1) is 11.2. The number of thiazole rings is 1. The molecule has 0 atom stereocenters. The van der Waals surface area contributed by atoms with E-state index in [1.54, 1.807) is 23.5 Å². The van der Waals surface area contributed by atoms with Crippen molar-refractivity contribution in [1.82, 2.24) is 4.98 Å². The van der Waals surface area contributed by atoms with Gasteiger partial charge >= 0.3 is 0 Å². The van der Waals surface area contributed by atoms with E-state index in [0.29, 0.717) is 6.54 Å². The van der Waals surface area contributed by atoms with Crippen LogP contribution in [0.1, 0.15) is 16.3 Å². The Hall–Kier alpha value is -1.26. The quantitative estimate of drug-likeness (QED) is 0.885. The molecule has 0 aliphatic rings. The molecule has 2 nitrogen and oxygen atoms in total. The minimum atomic E-state index is -0.202. The lowest BCUT2D eigenvalue weighted by molar-refractivity contribution is 0.627. The fourth-order valence-corrected chi connectivity index (χ4v) is 2.33. The van der Waals surface area contributed by atoms with E-state index in [4.69, 9.17) is 5.73 Å². The molecule has 0 saturated carbocycles. The zero-order valence-electron chi connectivity index (χ0n) is 8.82. The van der Waals surface area contributed by atoms with Crippen molar-refractivity contribution < 1.29 is 4.39 Å². The van der Waals surface area contributed by atoms with Gasteiger partial charge in [-0.2, -0.15) is 0 Å². The molecular formula is C12H13FN2S. The zero-order chi connectivity index (χ0) is 11.4. The Bertz CT molecular complexity index is 450. The first-order valence-corrected chi connectivity index (χ1v) is 6.03. The largest absolute Gasteiger partial charge is 0.330 e. The molecule has 84 valence electrons. The fraction of sp³-hybridized carbons (Fsp3) is 0.250. The van der Waals surface area contributed by atoms with Crippen LogP contribution in [0.25, 0.3) is 0 Å². The maximum Gasteiger partial charge on any atom is 0.123 e. The summed E-state index contributed by atoms with van der Waals surface area (Å²) in [5.74, 6) is -0.202. The standard InChI is InChI=1S/C12H13FN2S/c13-10-3-1-9(2-4-10)7-12-15-11(5-6-14)8-16-12/h1-4,8H,5-7,14H2. The van der Waals surface area contributed by atoms with Crippen LogP contribution >= 0.6 is 11.3 Å². The number of hydrogen-bond acceptors (Lipinski definition) is 3. The van der Waals surface area contributed by atoms with Crippen molar-refractivity contribution in [3.8, 4) is 0 Å². The van der Waals surface area contributed by atoms with E-state index in [9.17, 15) is 4.39 Å². The van der Waals surface area contributed by atoms with Crippen molar-refractivity contribution in [1.29, 1.82) is 0 Å². The summed E-state index contributed by atoms with van der Waals surface area (Å²) < 4.78 is 12.7. The van der Waals surface area contributed by atoms with Crippen LogP contribution < -0.4 is 5.73 Å². The van der Waals surface area contributed by atoms with Crippen molar-refractivity contribution in [3.63, 3.8) is 0 Å². The number of nitrogens with zero attached hydrogens (tertiary/aromatic N) is 1. The van der Waals surface area contributed by atoms with Gasteiger partial charge in [0.15, 0.2) is 0 Å². The highest BCUT2D eigenvalue weighted by Crippen LogP contribution is 2.15. The van der Waals surface area contributed by atoms with E-state index in [1.807, 2.05) is 5.38 Å². The second-order valence-corrected chi connectivity index (χ2v) is 4.52. The Balaban J connectivity index is 2.05. The molecule has 0 unspecified atom stereocenters. The van der Waals surface area contributed by atoms with Crippen LogP contribution in [0.4, 0.5) is 4.39 Å². The molecule has 0 saturated heterocycles. The first-order chi connectivity index (χ1) is 7.78. The summed E-state index contributed by atoms with van der Waals surface area (Å²) in [5, 5.41) is 3.08. The molecule has 0 bridgehead atoms. The average Bonchev–Trinajstić information content (AvgIpc) is 2.70. The molecule has 2 rings (SSSR count). The normalized spacial score (nSPS) is 10.6. The van der Waals surface area contributed by atoms with Gasteiger partial charge in [-0.1, -0.05) is 12.1 Å². The Labute approximate surface area is 97.9 Å². The Kier molecular flexibility index (Phi) is 3.64. The van der Waals surface area contributed by atoms with Crippen molar-refractivity contribution in [2.45, 2.75) is 12.8 Å². The number of rotatable bonds is 4. The molecule has 1 aromatic carbocycles. The van der Waals surface area contributed by atoms with Gasteiger partial charge in [0.2, 0.25) is 0 Å². The molecule has 0 amide bonds. The number of nitrogens with two attached hydrogens (primary N) is 1. The van der Waals surface area contributed by atoms with Crippen LogP contribution in [0.5, 0.6) is 0 Å². The van der Waals surface area contributed by atoms with Crippen LogP contribution in [0.3, 0.4) is 0 Å². The van der Waals surface area contributed by atoms with E-state index >= 15 is 0 Å². The zero-order valence-corrected chi connectivity index (χ0v) is 9.64. The van der Waals surface area contributed by atoms with Gasteiger partial charge in [0.05, 0.1) is 10.7 Å². The Morgan fingerprint density at radius 2 is 2.00 bits per heavy atom. The molecule has 0 aliphatic heterocycles. The predicted octanol–water partition coefficient (Wildman–Crippen LogP) is 2.37. The second-order valence-electron chi connectivity index (χ2n) is 3.57. The van der Waals surface area contributed by atoms with E-state index in [2.05, 4.69) is 4.98 Å². The average molecular weight is 236 g/mol. The van der Waals surface area contributed by atoms with Gasteiger partial charge in [-0.3, -0.25) is 0 Å². The summed E-state index contributed by atoms with van der Waals surface area (Å²) in [7, 11) is 0. The van der Waals surface area contributed by atoms with Gasteiger partial charge in [0.25, 0.3) is 0 Å². The third-order valence-electron chi connectivity index (χ3n) is 2.27. The maximum atomic E-state index is 12.7. The minimum absolute atomic E-state index is 0.202. The molecule has 0 spiro atoms. The van der Waals surface area contributed by atoms with Gasteiger partial charge in [-0.05, 0) is 24.2 Å². The Morgan fingerprint density at radius 1 is 1.25 bits per heavy atom. The molecule has 2 N–H and O–H groups in total. The van der Waals surface area contributed by atoms with Crippen LogP contribution in [0.2, 0.25) is 0 Å². The molecule has 1 aromatic heterocycles. The number of halogens is 1. The Morgan fingerprint density at radius 3 is 2.69 bits per heavy atom. The van der Waals surface area contributed by atoms with Crippen LogP contribution in [-0.4, -0.2) is 11.5 Å². The molecule has 16 heavy (non-hydrogen) atoms. The van der Waals surface area contributed by atoms with Crippen molar-refractivity contribution in [2.75, 3.05) is 6.54 Å². The highest BCUT2D eigenvalue weighted by Gasteiger charge is 2.02. The lowest BCUT2D eigenvalue weighted by Gasteiger charge is -1.97.